The Balaban J connectivity index is 0.00000106. The van der Waals surface area contributed by atoms with Crippen molar-refractivity contribution in [2.24, 2.45) is 0 Å². The monoisotopic (exact) mass is 219 g/mol. The van der Waals surface area contributed by atoms with Gasteiger partial charge in [-0.15, -0.1) is 0 Å². The summed E-state index contributed by atoms with van der Waals surface area (Å²) in [5.74, 6) is 0. The van der Waals surface area contributed by atoms with E-state index in [-0.39, 0.29) is 0 Å². The lowest BCUT2D eigenvalue weighted by molar-refractivity contribution is 0.413. The molecule has 1 rings (SSSR count). The Hall–Kier alpha value is -1.24. The Kier molecular flexibility index (Phi) is 6.55. The third-order valence-electron chi connectivity index (χ3n) is 2.56. The Bertz CT molecular complexity index is 339. The maximum absolute atomic E-state index is 3.92. The summed E-state index contributed by atoms with van der Waals surface area (Å²) in [4.78, 5) is 2.16. The van der Waals surface area contributed by atoms with Crippen LogP contribution in [0.1, 0.15) is 37.5 Å². The molecule has 0 radical (unpaired) electrons. The van der Waals surface area contributed by atoms with Crippen molar-refractivity contribution in [3.05, 3.63) is 47.2 Å². The Morgan fingerprint density at radius 2 is 1.81 bits per heavy atom. The fourth-order valence-corrected chi connectivity index (χ4v) is 1.41. The molecule has 0 aliphatic heterocycles. The number of aryl methyl sites for hydroxylation is 2. The van der Waals surface area contributed by atoms with Crippen molar-refractivity contribution in [2.45, 2.75) is 41.2 Å². The van der Waals surface area contributed by atoms with E-state index in [9.17, 15) is 0 Å². The fraction of sp³-hybridized carbons (Fsp3) is 0.467. The predicted molar refractivity (Wildman–Crippen MR) is 73.5 cm³/mol. The van der Waals surface area contributed by atoms with Gasteiger partial charge in [-0.25, -0.2) is 0 Å². The minimum Gasteiger partial charge on any atom is -0.374 e. The summed E-state index contributed by atoms with van der Waals surface area (Å²) in [7, 11) is 2.07. The van der Waals surface area contributed by atoms with Crippen molar-refractivity contribution >= 4 is 0 Å². The van der Waals surface area contributed by atoms with E-state index < -0.39 is 0 Å². The molecule has 0 heterocycles. The molecule has 0 aromatic heterocycles. The van der Waals surface area contributed by atoms with Gasteiger partial charge in [-0.3, -0.25) is 0 Å². The molecule has 0 aliphatic carbocycles. The minimum absolute atomic E-state index is 0.946. The van der Waals surface area contributed by atoms with E-state index >= 15 is 0 Å². The lowest BCUT2D eigenvalue weighted by Gasteiger charge is -2.20. The van der Waals surface area contributed by atoms with Gasteiger partial charge in [0.05, 0.1) is 0 Å². The van der Waals surface area contributed by atoms with Crippen molar-refractivity contribution in [3.63, 3.8) is 0 Å². The molecule has 0 saturated carbocycles. The maximum atomic E-state index is 3.92. The zero-order valence-corrected chi connectivity index (χ0v) is 11.6. The Morgan fingerprint density at radius 3 is 2.25 bits per heavy atom. The molecular weight excluding hydrogens is 194 g/mol. The smallest absolute Gasteiger partial charge is 0.0425 e. The second-order valence-corrected chi connectivity index (χ2v) is 4.02. The zero-order valence-electron chi connectivity index (χ0n) is 11.6. The molecule has 0 fully saturated rings. The van der Waals surface area contributed by atoms with E-state index in [1.807, 2.05) is 20.8 Å². The van der Waals surface area contributed by atoms with Crippen LogP contribution in [-0.2, 0) is 6.54 Å². The fourth-order valence-electron chi connectivity index (χ4n) is 1.41. The van der Waals surface area contributed by atoms with Crippen molar-refractivity contribution in [2.75, 3.05) is 7.05 Å². The summed E-state index contributed by atoms with van der Waals surface area (Å²) in [6.45, 7) is 15.2. The molecule has 0 spiro atoms. The molecule has 1 nitrogen and oxygen atoms in total. The summed E-state index contributed by atoms with van der Waals surface area (Å²) in [5.41, 5.74) is 5.16. The Labute approximate surface area is 101 Å². The molecule has 0 saturated heterocycles. The number of allylic oxidation sites excluding steroid dienone is 1. The average Bonchev–Trinajstić information content (AvgIpc) is 2.25. The van der Waals surface area contributed by atoms with Gasteiger partial charge in [0.15, 0.2) is 0 Å². The van der Waals surface area contributed by atoms with Crippen LogP contribution < -0.4 is 0 Å². The number of hydrogen-bond acceptors (Lipinski definition) is 1. The van der Waals surface area contributed by atoms with Gasteiger partial charge < -0.3 is 4.90 Å². The topological polar surface area (TPSA) is 3.24 Å². The van der Waals surface area contributed by atoms with Crippen LogP contribution in [0.4, 0.5) is 0 Å². The van der Waals surface area contributed by atoms with Gasteiger partial charge in [0, 0.05) is 19.3 Å². The van der Waals surface area contributed by atoms with Gasteiger partial charge in [-0.1, -0.05) is 44.2 Å². The number of hydrogen-bond donors (Lipinski definition) is 0. The van der Waals surface area contributed by atoms with Crippen LogP contribution in [0.3, 0.4) is 0 Å². The van der Waals surface area contributed by atoms with Gasteiger partial charge in [-0.2, -0.15) is 0 Å². The van der Waals surface area contributed by atoms with E-state index in [0.717, 1.165) is 12.2 Å². The molecule has 0 atom stereocenters. The highest BCUT2D eigenvalue weighted by molar-refractivity contribution is 5.30. The van der Waals surface area contributed by atoms with Crippen molar-refractivity contribution in [3.8, 4) is 0 Å². The van der Waals surface area contributed by atoms with Crippen LogP contribution in [0.25, 0.3) is 0 Å². The molecule has 1 aromatic carbocycles. The predicted octanol–water partition coefficient (Wildman–Crippen LogP) is 4.30. The maximum Gasteiger partial charge on any atom is 0.0425 e. The summed E-state index contributed by atoms with van der Waals surface area (Å²) in [6, 6.07) is 6.58. The summed E-state index contributed by atoms with van der Waals surface area (Å²) in [6.07, 6.45) is 0. The molecular formula is C15H25N. The number of benzene rings is 1. The van der Waals surface area contributed by atoms with Crippen molar-refractivity contribution in [1.82, 2.24) is 4.90 Å². The molecule has 0 amide bonds. The van der Waals surface area contributed by atoms with Gasteiger partial charge in [-0.05, 0) is 31.9 Å². The number of nitrogens with zero attached hydrogens (tertiary/aromatic N) is 1. The first-order valence-electron chi connectivity index (χ1n) is 5.93. The molecule has 16 heavy (non-hydrogen) atoms. The largest absolute Gasteiger partial charge is 0.374 e. The van der Waals surface area contributed by atoms with Gasteiger partial charge in [0.2, 0.25) is 0 Å². The minimum atomic E-state index is 0.946. The van der Waals surface area contributed by atoms with E-state index in [2.05, 4.69) is 50.6 Å². The van der Waals surface area contributed by atoms with E-state index in [1.165, 1.54) is 16.7 Å². The molecule has 90 valence electrons. The van der Waals surface area contributed by atoms with Crippen molar-refractivity contribution in [1.29, 1.82) is 0 Å². The lowest BCUT2D eigenvalue weighted by atomic mass is 10.1. The lowest BCUT2D eigenvalue weighted by Crippen LogP contribution is -2.15. The highest BCUT2D eigenvalue weighted by Crippen LogP contribution is 2.13. The van der Waals surface area contributed by atoms with Crippen LogP contribution in [0.5, 0.6) is 0 Å². The van der Waals surface area contributed by atoms with Crippen LogP contribution in [-0.4, -0.2) is 11.9 Å². The first kappa shape index (κ1) is 14.8. The molecule has 0 unspecified atom stereocenters. The summed E-state index contributed by atoms with van der Waals surface area (Å²) < 4.78 is 0. The molecule has 1 aromatic rings. The third kappa shape index (κ3) is 4.52. The SMILES string of the molecule is C=C(C)N(C)Cc1ccc(C)cc1C.CC. The van der Waals surface area contributed by atoms with E-state index in [0.29, 0.717) is 0 Å². The molecule has 0 bridgehead atoms. The van der Waals surface area contributed by atoms with Gasteiger partial charge in [0.1, 0.15) is 0 Å². The first-order chi connectivity index (χ1) is 7.50. The van der Waals surface area contributed by atoms with Crippen LogP contribution >= 0.6 is 0 Å². The first-order valence-corrected chi connectivity index (χ1v) is 5.93. The molecule has 1 heteroatoms. The Morgan fingerprint density at radius 1 is 1.25 bits per heavy atom. The highest BCUT2D eigenvalue weighted by atomic mass is 15.1. The normalized spacial score (nSPS) is 9.12. The quantitative estimate of drug-likeness (QED) is 0.733. The van der Waals surface area contributed by atoms with Crippen LogP contribution in [0, 0.1) is 13.8 Å². The third-order valence-corrected chi connectivity index (χ3v) is 2.56. The van der Waals surface area contributed by atoms with Crippen molar-refractivity contribution < 1.29 is 0 Å². The number of rotatable bonds is 3. The van der Waals surface area contributed by atoms with E-state index in [4.69, 9.17) is 0 Å². The van der Waals surface area contributed by atoms with Gasteiger partial charge in [0.25, 0.3) is 0 Å². The second-order valence-electron chi connectivity index (χ2n) is 4.02. The average molecular weight is 219 g/mol. The van der Waals surface area contributed by atoms with E-state index in [1.54, 1.807) is 0 Å². The zero-order chi connectivity index (χ0) is 12.7. The standard InChI is InChI=1S/C13H19N.C2H6/c1-10(2)14(5)9-13-7-6-11(3)8-12(13)4;1-2/h6-8H,1,9H2,2-5H3;1-2H3. The van der Waals surface area contributed by atoms with Crippen LogP contribution in [0.2, 0.25) is 0 Å². The molecule has 0 aliphatic rings. The molecule has 0 N–H and O–H groups in total. The van der Waals surface area contributed by atoms with Gasteiger partial charge >= 0.3 is 0 Å². The highest BCUT2D eigenvalue weighted by Gasteiger charge is 2.02. The van der Waals surface area contributed by atoms with Crippen LogP contribution in [0.15, 0.2) is 30.5 Å². The summed E-state index contributed by atoms with van der Waals surface area (Å²) in [5, 5.41) is 0. The second kappa shape index (κ2) is 7.10. The summed E-state index contributed by atoms with van der Waals surface area (Å²) >= 11 is 0.